The summed E-state index contributed by atoms with van der Waals surface area (Å²) in [4.78, 5) is 0. The third-order valence-electron chi connectivity index (χ3n) is 1.63. The first-order valence-electron chi connectivity index (χ1n) is 3.74. The van der Waals surface area contributed by atoms with Gasteiger partial charge in [0.15, 0.2) is 0 Å². The number of alkyl halides is 1. The fraction of sp³-hybridized carbons (Fsp3) is 0.333. The molecule has 0 bridgehead atoms. The molecule has 0 amide bonds. The van der Waals surface area contributed by atoms with Crippen molar-refractivity contribution in [1.29, 1.82) is 0 Å². The molecule has 66 valence electrons. The minimum absolute atomic E-state index is 0.108. The second-order valence-electron chi connectivity index (χ2n) is 2.77. The number of halogens is 2. The molecule has 1 atom stereocenters. The fourth-order valence-corrected chi connectivity index (χ4v) is 1.08. The van der Waals surface area contributed by atoms with Crippen molar-refractivity contribution in [1.82, 2.24) is 0 Å². The highest BCUT2D eigenvalue weighted by molar-refractivity contribution is 5.25. The molecule has 0 saturated carbocycles. The van der Waals surface area contributed by atoms with Crippen LogP contribution in [0.15, 0.2) is 18.2 Å². The summed E-state index contributed by atoms with van der Waals surface area (Å²) in [6, 6.07) is 4.12. The van der Waals surface area contributed by atoms with Crippen molar-refractivity contribution < 1.29 is 8.78 Å². The first-order valence-corrected chi connectivity index (χ1v) is 3.74. The Kier molecular flexibility index (Phi) is 2.76. The summed E-state index contributed by atoms with van der Waals surface area (Å²) >= 11 is 0. The molecule has 1 unspecified atom stereocenters. The number of rotatable bonds is 2. The lowest BCUT2D eigenvalue weighted by Crippen LogP contribution is -2.08. The molecule has 0 aliphatic carbocycles. The Morgan fingerprint density at radius 1 is 1.42 bits per heavy atom. The quantitative estimate of drug-likeness (QED) is 0.724. The Hall–Kier alpha value is -0.960. The van der Waals surface area contributed by atoms with E-state index in [1.165, 1.54) is 12.1 Å². The van der Waals surface area contributed by atoms with Crippen LogP contribution in [-0.2, 0) is 0 Å². The summed E-state index contributed by atoms with van der Waals surface area (Å²) in [6.45, 7) is 1.61. The van der Waals surface area contributed by atoms with Crippen LogP contribution in [0.3, 0.4) is 0 Å². The molecule has 0 radical (unpaired) electrons. The molecule has 12 heavy (non-hydrogen) atoms. The Labute approximate surface area is 70.2 Å². The van der Waals surface area contributed by atoms with Crippen molar-refractivity contribution in [3.63, 3.8) is 0 Å². The highest BCUT2D eigenvalue weighted by atomic mass is 19.1. The zero-order chi connectivity index (χ0) is 9.14. The molecular formula is C9H11F2N. The lowest BCUT2D eigenvalue weighted by atomic mass is 10.1. The van der Waals surface area contributed by atoms with Crippen LogP contribution in [0.1, 0.15) is 17.3 Å². The predicted octanol–water partition coefficient (Wildman–Crippen LogP) is 2.10. The van der Waals surface area contributed by atoms with Gasteiger partial charge in [0.05, 0.1) is 0 Å². The van der Waals surface area contributed by atoms with Crippen molar-refractivity contribution in [3.05, 3.63) is 35.1 Å². The number of hydrogen-bond donors (Lipinski definition) is 1. The molecule has 0 heterocycles. The number of aryl methyl sites for hydroxylation is 1. The Balaban J connectivity index is 3.00. The van der Waals surface area contributed by atoms with Gasteiger partial charge in [0.1, 0.15) is 12.0 Å². The second kappa shape index (κ2) is 3.63. The van der Waals surface area contributed by atoms with E-state index >= 15 is 0 Å². The van der Waals surface area contributed by atoms with Crippen LogP contribution in [0.4, 0.5) is 8.78 Å². The first kappa shape index (κ1) is 9.13. The summed E-state index contributed by atoms with van der Waals surface area (Å²) in [7, 11) is 0. The third kappa shape index (κ3) is 2.01. The molecule has 0 spiro atoms. The summed E-state index contributed by atoms with van der Waals surface area (Å²) in [5.41, 5.74) is 6.13. The molecule has 2 N–H and O–H groups in total. The van der Waals surface area contributed by atoms with E-state index in [0.717, 1.165) is 0 Å². The molecule has 1 aromatic carbocycles. The van der Waals surface area contributed by atoms with Crippen molar-refractivity contribution in [2.24, 2.45) is 5.73 Å². The van der Waals surface area contributed by atoms with Crippen molar-refractivity contribution in [2.45, 2.75) is 13.1 Å². The van der Waals surface area contributed by atoms with E-state index < -0.39 is 12.0 Å². The maximum atomic E-state index is 12.9. The lowest BCUT2D eigenvalue weighted by molar-refractivity contribution is 0.351. The molecular weight excluding hydrogens is 160 g/mol. The SMILES string of the molecule is Cc1cc(F)cc(C(F)CN)c1. The standard InChI is InChI=1S/C9H11F2N/c1-6-2-7(9(11)5-12)4-8(10)3-6/h2-4,9H,5,12H2,1H3. The van der Waals surface area contributed by atoms with Crippen LogP contribution in [0.2, 0.25) is 0 Å². The van der Waals surface area contributed by atoms with Crippen molar-refractivity contribution >= 4 is 0 Å². The molecule has 1 aromatic rings. The van der Waals surface area contributed by atoms with E-state index in [-0.39, 0.29) is 6.54 Å². The number of hydrogen-bond acceptors (Lipinski definition) is 1. The Bertz CT molecular complexity index is 253. The Morgan fingerprint density at radius 3 is 2.58 bits per heavy atom. The summed E-state index contributed by atoms with van der Waals surface area (Å²) in [5, 5.41) is 0. The zero-order valence-corrected chi connectivity index (χ0v) is 6.85. The van der Waals surface area contributed by atoms with E-state index in [1.54, 1.807) is 13.0 Å². The molecule has 0 aliphatic rings. The van der Waals surface area contributed by atoms with Crippen LogP contribution in [0, 0.1) is 12.7 Å². The van der Waals surface area contributed by atoms with Crippen LogP contribution >= 0.6 is 0 Å². The average Bonchev–Trinajstić information content (AvgIpc) is 2.01. The smallest absolute Gasteiger partial charge is 0.137 e. The summed E-state index contributed by atoms with van der Waals surface area (Å²) < 4.78 is 25.6. The van der Waals surface area contributed by atoms with Crippen molar-refractivity contribution in [2.75, 3.05) is 6.54 Å². The van der Waals surface area contributed by atoms with E-state index in [0.29, 0.717) is 11.1 Å². The van der Waals surface area contributed by atoms with E-state index in [9.17, 15) is 8.78 Å². The molecule has 1 rings (SSSR count). The van der Waals surface area contributed by atoms with Gasteiger partial charge in [-0.25, -0.2) is 8.78 Å². The van der Waals surface area contributed by atoms with Gasteiger partial charge in [-0.3, -0.25) is 0 Å². The van der Waals surface area contributed by atoms with Gasteiger partial charge in [0.25, 0.3) is 0 Å². The topological polar surface area (TPSA) is 26.0 Å². The van der Waals surface area contributed by atoms with Gasteiger partial charge < -0.3 is 5.73 Å². The van der Waals surface area contributed by atoms with Gasteiger partial charge >= 0.3 is 0 Å². The first-order chi connectivity index (χ1) is 5.63. The van der Waals surface area contributed by atoms with Crippen LogP contribution < -0.4 is 5.73 Å². The van der Waals surface area contributed by atoms with E-state index in [2.05, 4.69) is 0 Å². The third-order valence-corrected chi connectivity index (χ3v) is 1.63. The number of nitrogens with two attached hydrogens (primary N) is 1. The zero-order valence-electron chi connectivity index (χ0n) is 6.85. The number of benzene rings is 1. The summed E-state index contributed by atoms with van der Waals surface area (Å²) in [5.74, 6) is -0.416. The molecule has 0 fully saturated rings. The maximum absolute atomic E-state index is 12.9. The van der Waals surface area contributed by atoms with Gasteiger partial charge in [-0.05, 0) is 30.2 Å². The molecule has 0 aliphatic heterocycles. The minimum atomic E-state index is -1.26. The predicted molar refractivity (Wildman–Crippen MR) is 44.0 cm³/mol. The normalized spacial score (nSPS) is 13.0. The monoisotopic (exact) mass is 171 g/mol. The average molecular weight is 171 g/mol. The van der Waals surface area contributed by atoms with E-state index in [4.69, 9.17) is 5.73 Å². The van der Waals surface area contributed by atoms with E-state index in [1.807, 2.05) is 0 Å². The summed E-state index contributed by atoms with van der Waals surface area (Å²) in [6.07, 6.45) is -1.26. The van der Waals surface area contributed by atoms with Gasteiger partial charge in [0, 0.05) is 6.54 Å². The molecule has 0 aromatic heterocycles. The van der Waals surface area contributed by atoms with Gasteiger partial charge in [0.2, 0.25) is 0 Å². The van der Waals surface area contributed by atoms with Gasteiger partial charge in [-0.15, -0.1) is 0 Å². The van der Waals surface area contributed by atoms with Crippen molar-refractivity contribution in [3.8, 4) is 0 Å². The minimum Gasteiger partial charge on any atom is -0.327 e. The highest BCUT2D eigenvalue weighted by Crippen LogP contribution is 2.18. The molecule has 3 heteroatoms. The Morgan fingerprint density at radius 2 is 2.08 bits per heavy atom. The van der Waals surface area contributed by atoms with Crippen LogP contribution in [-0.4, -0.2) is 6.54 Å². The van der Waals surface area contributed by atoms with Gasteiger partial charge in [-0.1, -0.05) is 6.07 Å². The fourth-order valence-electron chi connectivity index (χ4n) is 1.08. The molecule has 0 saturated heterocycles. The van der Waals surface area contributed by atoms with Crippen LogP contribution in [0.25, 0.3) is 0 Å². The van der Waals surface area contributed by atoms with Gasteiger partial charge in [-0.2, -0.15) is 0 Å². The highest BCUT2D eigenvalue weighted by Gasteiger charge is 2.08. The largest absolute Gasteiger partial charge is 0.327 e. The second-order valence-corrected chi connectivity index (χ2v) is 2.77. The molecule has 1 nitrogen and oxygen atoms in total. The maximum Gasteiger partial charge on any atom is 0.137 e. The van der Waals surface area contributed by atoms with Crippen LogP contribution in [0.5, 0.6) is 0 Å². The lowest BCUT2D eigenvalue weighted by Gasteiger charge is -2.06.